The molecule has 4 rings (SSSR count). The summed E-state index contributed by atoms with van der Waals surface area (Å²) in [4.78, 5) is 17.4. The van der Waals surface area contributed by atoms with Gasteiger partial charge in [0.15, 0.2) is 5.78 Å². The summed E-state index contributed by atoms with van der Waals surface area (Å²) in [6.07, 6.45) is 2.90. The average Bonchev–Trinajstić information content (AvgIpc) is 3.24. The van der Waals surface area contributed by atoms with Crippen molar-refractivity contribution in [3.05, 3.63) is 94.4 Å². The minimum absolute atomic E-state index is 0. The molecule has 0 aliphatic carbocycles. The predicted octanol–water partition coefficient (Wildman–Crippen LogP) is 6.02. The summed E-state index contributed by atoms with van der Waals surface area (Å²) in [7, 11) is 0. The number of halogens is 1. The van der Waals surface area contributed by atoms with Crippen molar-refractivity contribution in [2.24, 2.45) is 0 Å². The maximum Gasteiger partial charge on any atom is 0.151 e. The van der Waals surface area contributed by atoms with Gasteiger partial charge in [-0.1, -0.05) is 68.4 Å². The molecule has 1 unspecified atom stereocenters. The van der Waals surface area contributed by atoms with Crippen LogP contribution in [0.25, 0.3) is 0 Å². The molecule has 1 aliphatic rings. The molecule has 1 atom stereocenters. The number of benzene rings is 2. The maximum absolute atomic E-state index is 12.8. The quantitative estimate of drug-likeness (QED) is 0.355. The number of Topliss-reactive ketones (excluding diaryl/α,β-unsaturated/α-hetero) is 1. The molecule has 182 valence electrons. The minimum Gasteiger partial charge on any atom is -0.463 e. The maximum atomic E-state index is 12.8. The van der Waals surface area contributed by atoms with E-state index >= 15 is 0 Å². The van der Waals surface area contributed by atoms with Gasteiger partial charge in [0.1, 0.15) is 11.5 Å². The molecule has 2 heterocycles. The lowest BCUT2D eigenvalue weighted by molar-refractivity contribution is -0.122. The molecular weight excluding hydrogens is 444 g/mol. The lowest BCUT2D eigenvalue weighted by Crippen LogP contribution is -2.37. The largest absolute Gasteiger partial charge is 0.463 e. The molecule has 0 saturated carbocycles. The van der Waals surface area contributed by atoms with Crippen LogP contribution in [0.2, 0.25) is 0 Å². The van der Waals surface area contributed by atoms with Gasteiger partial charge in [-0.3, -0.25) is 14.6 Å². The Morgan fingerprint density at radius 1 is 1.00 bits per heavy atom. The lowest BCUT2D eigenvalue weighted by Gasteiger charge is -2.32. The highest BCUT2D eigenvalue weighted by Crippen LogP contribution is 2.31. The van der Waals surface area contributed by atoms with Gasteiger partial charge < -0.3 is 4.42 Å². The van der Waals surface area contributed by atoms with Crippen molar-refractivity contribution in [3.8, 4) is 0 Å². The lowest BCUT2D eigenvalue weighted by atomic mass is 9.95. The Kier molecular flexibility index (Phi) is 9.52. The summed E-state index contributed by atoms with van der Waals surface area (Å²) in [5.74, 6) is 2.25. The number of aryl methyl sites for hydroxylation is 2. The van der Waals surface area contributed by atoms with Crippen LogP contribution in [0.15, 0.2) is 65.1 Å². The van der Waals surface area contributed by atoms with Gasteiger partial charge in [-0.25, -0.2) is 0 Å². The average molecular weight is 481 g/mol. The van der Waals surface area contributed by atoms with Crippen LogP contribution >= 0.6 is 12.4 Å². The van der Waals surface area contributed by atoms with E-state index < -0.39 is 0 Å². The molecule has 0 bridgehead atoms. The van der Waals surface area contributed by atoms with E-state index in [0.29, 0.717) is 6.54 Å². The van der Waals surface area contributed by atoms with Gasteiger partial charge in [-0.2, -0.15) is 0 Å². The summed E-state index contributed by atoms with van der Waals surface area (Å²) in [5, 5.41) is 0. The molecule has 1 aliphatic heterocycles. The van der Waals surface area contributed by atoms with Crippen molar-refractivity contribution < 1.29 is 9.21 Å². The molecule has 2 aromatic carbocycles. The third-order valence-electron chi connectivity index (χ3n) is 6.80. The van der Waals surface area contributed by atoms with Crippen molar-refractivity contribution in [2.75, 3.05) is 19.6 Å². The second-order valence-electron chi connectivity index (χ2n) is 9.09. The van der Waals surface area contributed by atoms with E-state index in [1.807, 2.05) is 0 Å². The van der Waals surface area contributed by atoms with E-state index in [9.17, 15) is 4.79 Å². The van der Waals surface area contributed by atoms with E-state index in [-0.39, 0.29) is 24.2 Å². The van der Waals surface area contributed by atoms with Crippen LogP contribution in [-0.2, 0) is 37.1 Å². The number of hydrogen-bond acceptors (Lipinski definition) is 4. The van der Waals surface area contributed by atoms with Crippen LogP contribution in [0.4, 0.5) is 0 Å². The van der Waals surface area contributed by atoms with Gasteiger partial charge in [0.05, 0.1) is 19.1 Å². The third kappa shape index (κ3) is 6.38. The summed E-state index contributed by atoms with van der Waals surface area (Å²) in [5.41, 5.74) is 5.01. The van der Waals surface area contributed by atoms with E-state index in [4.69, 9.17) is 4.42 Å². The van der Waals surface area contributed by atoms with Gasteiger partial charge in [-0.15, -0.1) is 12.4 Å². The van der Waals surface area contributed by atoms with E-state index in [1.165, 1.54) is 16.7 Å². The molecule has 0 saturated heterocycles. The number of carbonyl (C=O) groups is 1. The zero-order valence-electron chi connectivity index (χ0n) is 20.6. The third-order valence-corrected chi connectivity index (χ3v) is 6.80. The first-order chi connectivity index (χ1) is 16.1. The number of ketones is 1. The highest BCUT2D eigenvalue weighted by molar-refractivity contribution is 5.85. The van der Waals surface area contributed by atoms with E-state index in [1.54, 1.807) is 6.92 Å². The van der Waals surface area contributed by atoms with Crippen molar-refractivity contribution in [3.63, 3.8) is 0 Å². The summed E-state index contributed by atoms with van der Waals surface area (Å²) in [6.45, 7) is 10.5. The summed E-state index contributed by atoms with van der Waals surface area (Å²) in [6, 6.07) is 21.1. The van der Waals surface area contributed by atoms with Crippen molar-refractivity contribution in [1.29, 1.82) is 0 Å². The minimum atomic E-state index is -0.230. The van der Waals surface area contributed by atoms with Gasteiger partial charge >= 0.3 is 0 Å². The van der Waals surface area contributed by atoms with Crippen LogP contribution in [0, 0.1) is 0 Å². The van der Waals surface area contributed by atoms with Gasteiger partial charge in [0, 0.05) is 6.54 Å². The number of furan rings is 1. The number of fused-ring (bicyclic) bond motifs is 1. The van der Waals surface area contributed by atoms with Gasteiger partial charge in [-0.05, 0) is 67.6 Å². The normalized spacial score (nSPS) is 14.5. The fourth-order valence-corrected chi connectivity index (χ4v) is 4.92. The first kappa shape index (κ1) is 26.2. The second kappa shape index (κ2) is 12.3. The molecule has 0 spiro atoms. The van der Waals surface area contributed by atoms with Crippen molar-refractivity contribution >= 4 is 18.2 Å². The first-order valence-corrected chi connectivity index (χ1v) is 12.3. The highest BCUT2D eigenvalue weighted by atomic mass is 35.5. The molecule has 5 heteroatoms. The topological polar surface area (TPSA) is 36.7 Å². The Bertz CT molecular complexity index is 1060. The Morgan fingerprint density at radius 2 is 1.71 bits per heavy atom. The molecule has 0 amide bonds. The number of carbonyl (C=O) groups excluding carboxylic acids is 1. The zero-order chi connectivity index (χ0) is 23.2. The number of rotatable bonds is 10. The van der Waals surface area contributed by atoms with Gasteiger partial charge in [0.2, 0.25) is 0 Å². The molecule has 4 nitrogen and oxygen atoms in total. The number of nitrogens with zero attached hydrogens (tertiary/aromatic N) is 2. The Hall–Kier alpha value is -2.40. The Labute approximate surface area is 210 Å². The summed E-state index contributed by atoms with van der Waals surface area (Å²) < 4.78 is 6.25. The molecule has 3 aromatic rings. The Morgan fingerprint density at radius 3 is 2.41 bits per heavy atom. The Balaban J connectivity index is 0.00000324. The number of hydrogen-bond donors (Lipinski definition) is 0. The van der Waals surface area contributed by atoms with Crippen molar-refractivity contribution in [2.45, 2.75) is 59.2 Å². The van der Waals surface area contributed by atoms with Crippen molar-refractivity contribution in [1.82, 2.24) is 9.80 Å². The first-order valence-electron chi connectivity index (χ1n) is 12.3. The molecule has 0 N–H and O–H groups in total. The van der Waals surface area contributed by atoms with Gasteiger partial charge in [0.25, 0.3) is 0 Å². The highest BCUT2D eigenvalue weighted by Gasteiger charge is 2.30. The summed E-state index contributed by atoms with van der Waals surface area (Å²) >= 11 is 0. The fraction of sp³-hybridized carbons (Fsp3) is 0.414. The van der Waals surface area contributed by atoms with Crippen LogP contribution in [-0.4, -0.2) is 35.2 Å². The van der Waals surface area contributed by atoms with E-state index in [0.717, 1.165) is 62.5 Å². The smallest absolute Gasteiger partial charge is 0.151 e. The van der Waals surface area contributed by atoms with E-state index in [2.05, 4.69) is 84.3 Å². The monoisotopic (exact) mass is 480 g/mol. The zero-order valence-corrected chi connectivity index (χ0v) is 21.4. The molecule has 1 aromatic heterocycles. The fourth-order valence-electron chi connectivity index (χ4n) is 4.92. The molecule has 34 heavy (non-hydrogen) atoms. The van der Waals surface area contributed by atoms with Crippen LogP contribution in [0.3, 0.4) is 0 Å². The second-order valence-corrected chi connectivity index (χ2v) is 9.09. The molecular formula is C29H37ClN2O2. The SMILES string of the molecule is CCN(CC)Cc1cc2c(o1)CN(C(C(C)=O)c1cccc(CCc3ccccc3)c1)CC2.Cl. The standard InChI is InChI=1S/C29H36N2O2.ClH/c1-4-30(5-2)20-27-19-25-16-17-31(21-28(25)33-27)29(22(3)32)26-13-9-12-24(18-26)15-14-23-10-7-6-8-11-23;/h6-13,18-19,29H,4-5,14-17,20-21H2,1-3H3;1H. The molecule has 0 radical (unpaired) electrons. The van der Waals surface area contributed by atoms with Crippen LogP contribution in [0.1, 0.15) is 60.6 Å². The van der Waals surface area contributed by atoms with Crippen LogP contribution < -0.4 is 0 Å². The molecule has 0 fully saturated rings. The predicted molar refractivity (Wildman–Crippen MR) is 140 cm³/mol. The van der Waals surface area contributed by atoms with Crippen LogP contribution in [0.5, 0.6) is 0 Å².